The van der Waals surface area contributed by atoms with Gasteiger partial charge in [0.1, 0.15) is 4.88 Å². The summed E-state index contributed by atoms with van der Waals surface area (Å²) in [5, 5.41) is 6.95. The van der Waals surface area contributed by atoms with Gasteiger partial charge in [-0.1, -0.05) is 25.3 Å². The Morgan fingerprint density at radius 2 is 2.24 bits per heavy atom. The lowest BCUT2D eigenvalue weighted by Gasteiger charge is -2.08. The van der Waals surface area contributed by atoms with Gasteiger partial charge in [-0.25, -0.2) is 0 Å². The summed E-state index contributed by atoms with van der Waals surface area (Å²) in [7, 11) is 0. The maximum atomic E-state index is 11.9. The van der Waals surface area contributed by atoms with Crippen LogP contribution in [-0.2, 0) is 0 Å². The third kappa shape index (κ3) is 4.24. The maximum absolute atomic E-state index is 11.9. The first kappa shape index (κ1) is 14.4. The lowest BCUT2D eigenvalue weighted by Crippen LogP contribution is -2.26. The molecular weight excluding hydrogens is 258 g/mol. The molecule has 0 aliphatic carbocycles. The molecule has 1 amide bonds. The number of aromatic nitrogens is 2. The van der Waals surface area contributed by atoms with Crippen molar-refractivity contribution < 1.29 is 4.79 Å². The first-order valence-corrected chi connectivity index (χ1v) is 7.01. The third-order valence-electron chi connectivity index (χ3n) is 2.45. The highest BCUT2D eigenvalue weighted by atomic mass is 35.5. The molecule has 0 bridgehead atoms. The van der Waals surface area contributed by atoms with E-state index in [-0.39, 0.29) is 17.2 Å². The first-order chi connectivity index (χ1) is 8.06. The molecule has 0 spiro atoms. The minimum atomic E-state index is -0.0938. The summed E-state index contributed by atoms with van der Waals surface area (Å²) in [5.41, 5.74) is 0.769. The van der Waals surface area contributed by atoms with E-state index in [1.807, 2.05) is 20.8 Å². The predicted molar refractivity (Wildman–Crippen MR) is 70.9 cm³/mol. The van der Waals surface area contributed by atoms with Crippen LogP contribution in [0.15, 0.2) is 0 Å². The van der Waals surface area contributed by atoms with Gasteiger partial charge >= 0.3 is 0 Å². The second-order valence-corrected chi connectivity index (χ2v) is 5.56. The van der Waals surface area contributed by atoms with Gasteiger partial charge in [-0.15, -0.1) is 16.7 Å². The average molecular weight is 276 g/mol. The van der Waals surface area contributed by atoms with Crippen molar-refractivity contribution in [3.63, 3.8) is 0 Å². The Morgan fingerprint density at radius 3 is 2.82 bits per heavy atom. The van der Waals surface area contributed by atoms with Crippen LogP contribution >= 0.6 is 23.1 Å². The summed E-state index contributed by atoms with van der Waals surface area (Å²) < 4.78 is 3.83. The molecule has 1 heterocycles. The van der Waals surface area contributed by atoms with E-state index in [0.29, 0.717) is 11.4 Å². The van der Waals surface area contributed by atoms with Crippen LogP contribution in [0, 0.1) is 0 Å². The van der Waals surface area contributed by atoms with E-state index >= 15 is 0 Å². The summed E-state index contributed by atoms with van der Waals surface area (Å²) in [6.45, 7) is 6.62. The number of alkyl halides is 1. The van der Waals surface area contributed by atoms with Crippen LogP contribution in [0.2, 0.25) is 0 Å². The molecule has 0 aliphatic heterocycles. The van der Waals surface area contributed by atoms with Gasteiger partial charge in [0.05, 0.1) is 5.69 Å². The number of carbonyl (C=O) groups excluding carboxylic acids is 1. The smallest absolute Gasteiger partial charge is 0.264 e. The predicted octanol–water partition coefficient (Wildman–Crippen LogP) is 2.80. The molecule has 1 aromatic heterocycles. The van der Waals surface area contributed by atoms with E-state index in [1.165, 1.54) is 0 Å². The number of halogens is 1. The lowest BCUT2D eigenvalue weighted by atomic mass is 10.1. The second kappa shape index (κ2) is 6.91. The fourth-order valence-corrected chi connectivity index (χ4v) is 2.20. The van der Waals surface area contributed by atoms with Crippen molar-refractivity contribution in [2.45, 2.75) is 44.9 Å². The van der Waals surface area contributed by atoms with Gasteiger partial charge < -0.3 is 5.32 Å². The standard InChI is InChI=1S/C11H18ClN3OS/c1-4-8(12)5-6-13-11(16)10-9(7(2)3)14-15-17-10/h7-8H,4-6H2,1-3H3,(H,13,16). The van der Waals surface area contributed by atoms with Crippen LogP contribution in [0.25, 0.3) is 0 Å². The highest BCUT2D eigenvalue weighted by Gasteiger charge is 2.18. The number of nitrogens with one attached hydrogen (secondary N) is 1. The normalized spacial score (nSPS) is 12.8. The fourth-order valence-electron chi connectivity index (χ4n) is 1.36. The Bertz CT molecular complexity index is 367. The van der Waals surface area contributed by atoms with Crippen molar-refractivity contribution in [3.05, 3.63) is 10.6 Å². The molecule has 0 fully saturated rings. The molecule has 0 radical (unpaired) electrons. The van der Waals surface area contributed by atoms with Gasteiger partial charge in [0, 0.05) is 11.9 Å². The van der Waals surface area contributed by atoms with E-state index in [9.17, 15) is 4.79 Å². The molecule has 1 atom stereocenters. The SMILES string of the molecule is CCC(Cl)CCNC(=O)c1snnc1C(C)C. The zero-order valence-corrected chi connectivity index (χ0v) is 11.9. The Kier molecular flexibility index (Phi) is 5.85. The Morgan fingerprint density at radius 1 is 1.53 bits per heavy atom. The zero-order chi connectivity index (χ0) is 12.8. The maximum Gasteiger partial charge on any atom is 0.264 e. The largest absolute Gasteiger partial charge is 0.351 e. The van der Waals surface area contributed by atoms with Crippen molar-refractivity contribution in [2.24, 2.45) is 0 Å². The van der Waals surface area contributed by atoms with Crippen LogP contribution in [0.5, 0.6) is 0 Å². The van der Waals surface area contributed by atoms with Crippen LogP contribution in [0.4, 0.5) is 0 Å². The Hall–Kier alpha value is -0.680. The molecule has 0 saturated heterocycles. The van der Waals surface area contributed by atoms with Crippen molar-refractivity contribution >= 4 is 29.0 Å². The second-order valence-electron chi connectivity index (χ2n) is 4.19. The summed E-state index contributed by atoms with van der Waals surface area (Å²) in [6, 6.07) is 0. The zero-order valence-electron chi connectivity index (χ0n) is 10.4. The van der Waals surface area contributed by atoms with Crippen LogP contribution < -0.4 is 5.32 Å². The van der Waals surface area contributed by atoms with E-state index in [1.54, 1.807) is 0 Å². The molecule has 6 heteroatoms. The number of hydrogen-bond acceptors (Lipinski definition) is 4. The molecule has 0 aliphatic rings. The molecular formula is C11H18ClN3OS. The topological polar surface area (TPSA) is 54.9 Å². The highest BCUT2D eigenvalue weighted by Crippen LogP contribution is 2.19. The van der Waals surface area contributed by atoms with Gasteiger partial charge in [-0.2, -0.15) is 0 Å². The quantitative estimate of drug-likeness (QED) is 0.812. The summed E-state index contributed by atoms with van der Waals surface area (Å²) in [6.07, 6.45) is 1.70. The summed E-state index contributed by atoms with van der Waals surface area (Å²) >= 11 is 7.13. The van der Waals surface area contributed by atoms with Crippen molar-refractivity contribution in [1.82, 2.24) is 14.9 Å². The monoisotopic (exact) mass is 275 g/mol. The Balaban J connectivity index is 2.50. The summed E-state index contributed by atoms with van der Waals surface area (Å²) in [4.78, 5) is 12.5. The minimum Gasteiger partial charge on any atom is -0.351 e. The number of nitrogens with zero attached hydrogens (tertiary/aromatic N) is 2. The number of carbonyl (C=O) groups is 1. The lowest BCUT2D eigenvalue weighted by molar-refractivity contribution is 0.0955. The van der Waals surface area contributed by atoms with E-state index < -0.39 is 0 Å². The minimum absolute atomic E-state index is 0.0938. The molecule has 96 valence electrons. The molecule has 0 aromatic carbocycles. The van der Waals surface area contributed by atoms with Gasteiger partial charge in [-0.05, 0) is 30.3 Å². The molecule has 1 N–H and O–H groups in total. The van der Waals surface area contributed by atoms with E-state index in [4.69, 9.17) is 11.6 Å². The van der Waals surface area contributed by atoms with Crippen LogP contribution in [-0.4, -0.2) is 27.4 Å². The molecule has 0 saturated carbocycles. The Labute approximate surface area is 111 Å². The number of amides is 1. The highest BCUT2D eigenvalue weighted by molar-refractivity contribution is 7.08. The third-order valence-corrected chi connectivity index (χ3v) is 3.72. The van der Waals surface area contributed by atoms with Crippen LogP contribution in [0.1, 0.15) is 54.9 Å². The van der Waals surface area contributed by atoms with Gasteiger partial charge in [0.15, 0.2) is 0 Å². The van der Waals surface area contributed by atoms with Gasteiger partial charge in [-0.3, -0.25) is 4.79 Å². The van der Waals surface area contributed by atoms with Gasteiger partial charge in [0.25, 0.3) is 5.91 Å². The van der Waals surface area contributed by atoms with Crippen molar-refractivity contribution in [3.8, 4) is 0 Å². The van der Waals surface area contributed by atoms with E-state index in [2.05, 4.69) is 14.9 Å². The molecule has 1 rings (SSSR count). The van der Waals surface area contributed by atoms with Crippen molar-refractivity contribution in [1.29, 1.82) is 0 Å². The van der Waals surface area contributed by atoms with Crippen molar-refractivity contribution in [2.75, 3.05) is 6.54 Å². The first-order valence-electron chi connectivity index (χ1n) is 5.80. The molecule has 1 aromatic rings. The molecule has 4 nitrogen and oxygen atoms in total. The summed E-state index contributed by atoms with van der Waals surface area (Å²) in [5.74, 6) is 0.120. The molecule has 1 unspecified atom stereocenters. The molecule has 17 heavy (non-hydrogen) atoms. The fraction of sp³-hybridized carbons (Fsp3) is 0.727. The average Bonchev–Trinajstić information content (AvgIpc) is 2.77. The number of hydrogen-bond donors (Lipinski definition) is 1. The van der Waals surface area contributed by atoms with E-state index in [0.717, 1.165) is 30.1 Å². The number of rotatable bonds is 6. The van der Waals surface area contributed by atoms with Gasteiger partial charge in [0.2, 0.25) is 0 Å². The van der Waals surface area contributed by atoms with Crippen LogP contribution in [0.3, 0.4) is 0 Å².